The van der Waals surface area contributed by atoms with E-state index >= 15 is 0 Å². The molecule has 0 spiro atoms. The van der Waals surface area contributed by atoms with Gasteiger partial charge in [0.25, 0.3) is 5.89 Å². The molecule has 1 aliphatic rings. The summed E-state index contributed by atoms with van der Waals surface area (Å²) in [5, 5.41) is 20.0. The average molecular weight is 347 g/mol. The monoisotopic (exact) mass is 347 g/mol. The van der Waals surface area contributed by atoms with Crippen LogP contribution in [-0.4, -0.2) is 25.0 Å². The van der Waals surface area contributed by atoms with Crippen LogP contribution in [0.4, 0.5) is 0 Å². The third-order valence-corrected chi connectivity index (χ3v) is 5.73. The molecule has 0 saturated heterocycles. The molecule has 8 heteroatoms. The van der Waals surface area contributed by atoms with Crippen LogP contribution in [0.25, 0.3) is 10.8 Å². The summed E-state index contributed by atoms with van der Waals surface area (Å²) in [7, 11) is 0. The predicted octanol–water partition coefficient (Wildman–Crippen LogP) is 4.14. The highest BCUT2D eigenvalue weighted by Crippen LogP contribution is 2.41. The molecular formula is C15H17N5OS2. The average Bonchev–Trinajstić information content (AvgIpc) is 3.00. The minimum Gasteiger partial charge on any atom is -0.419 e. The van der Waals surface area contributed by atoms with Gasteiger partial charge in [-0.25, -0.2) is 0 Å². The van der Waals surface area contributed by atoms with Crippen molar-refractivity contribution in [1.82, 2.24) is 25.0 Å². The van der Waals surface area contributed by atoms with Crippen LogP contribution in [0.1, 0.15) is 49.6 Å². The summed E-state index contributed by atoms with van der Waals surface area (Å²) in [6, 6.07) is 3.96. The summed E-state index contributed by atoms with van der Waals surface area (Å²) in [5.41, 5.74) is 0. The lowest BCUT2D eigenvalue weighted by Gasteiger charge is -2.08. The summed E-state index contributed by atoms with van der Waals surface area (Å²) in [6.45, 7) is 5.07. The lowest BCUT2D eigenvalue weighted by Crippen LogP contribution is -2.02. The zero-order chi connectivity index (χ0) is 15.8. The fourth-order valence-corrected chi connectivity index (χ4v) is 4.03. The SMILES string of the molecule is CCn1c(S[C@@H](C)c2nnc(-c3cccs3)o2)nnc1C1CC1. The number of rotatable bonds is 6. The maximum atomic E-state index is 5.81. The van der Waals surface area contributed by atoms with Crippen LogP contribution in [0, 0.1) is 0 Å². The molecule has 23 heavy (non-hydrogen) atoms. The number of hydrogen-bond donors (Lipinski definition) is 0. The minimum absolute atomic E-state index is 0.0396. The maximum Gasteiger partial charge on any atom is 0.257 e. The first-order chi connectivity index (χ1) is 11.3. The molecule has 0 aliphatic heterocycles. The smallest absolute Gasteiger partial charge is 0.257 e. The molecule has 3 aromatic rings. The fraction of sp³-hybridized carbons (Fsp3) is 0.467. The van der Waals surface area contributed by atoms with Crippen LogP contribution in [0.3, 0.4) is 0 Å². The van der Waals surface area contributed by atoms with Crippen LogP contribution >= 0.6 is 23.1 Å². The van der Waals surface area contributed by atoms with E-state index in [-0.39, 0.29) is 5.25 Å². The molecule has 1 aliphatic carbocycles. The van der Waals surface area contributed by atoms with E-state index in [2.05, 4.69) is 38.8 Å². The first-order valence-corrected chi connectivity index (χ1v) is 9.49. The van der Waals surface area contributed by atoms with E-state index in [1.54, 1.807) is 23.1 Å². The van der Waals surface area contributed by atoms with Crippen molar-refractivity contribution in [2.45, 2.75) is 49.6 Å². The Morgan fingerprint density at radius 3 is 2.91 bits per heavy atom. The number of nitrogens with zero attached hydrogens (tertiary/aromatic N) is 5. The van der Waals surface area contributed by atoms with Crippen molar-refractivity contribution in [1.29, 1.82) is 0 Å². The highest BCUT2D eigenvalue weighted by Gasteiger charge is 2.30. The summed E-state index contributed by atoms with van der Waals surface area (Å²) in [5.74, 6) is 2.92. The Bertz CT molecular complexity index is 791. The van der Waals surface area contributed by atoms with Crippen molar-refractivity contribution in [3.05, 3.63) is 29.2 Å². The zero-order valence-electron chi connectivity index (χ0n) is 13.0. The molecule has 4 rings (SSSR count). The number of hydrogen-bond acceptors (Lipinski definition) is 7. The zero-order valence-corrected chi connectivity index (χ0v) is 14.6. The Hall–Kier alpha value is -1.67. The van der Waals surface area contributed by atoms with E-state index in [9.17, 15) is 0 Å². The summed E-state index contributed by atoms with van der Waals surface area (Å²) < 4.78 is 8.02. The predicted molar refractivity (Wildman–Crippen MR) is 89.6 cm³/mol. The molecule has 3 heterocycles. The molecule has 1 fully saturated rings. The Labute approximate surface area is 142 Å². The largest absolute Gasteiger partial charge is 0.419 e. The summed E-state index contributed by atoms with van der Waals surface area (Å²) >= 11 is 3.22. The molecule has 0 radical (unpaired) electrons. The second-order valence-corrected chi connectivity index (χ2v) is 7.80. The van der Waals surface area contributed by atoms with E-state index in [0.29, 0.717) is 17.7 Å². The molecule has 1 saturated carbocycles. The molecule has 6 nitrogen and oxygen atoms in total. The molecule has 1 atom stereocenters. The molecule has 0 amide bonds. The van der Waals surface area contributed by atoms with Crippen LogP contribution in [0.15, 0.2) is 27.1 Å². The minimum atomic E-state index is 0.0396. The van der Waals surface area contributed by atoms with Crippen molar-refractivity contribution in [3.8, 4) is 10.8 Å². The Balaban J connectivity index is 1.53. The van der Waals surface area contributed by atoms with Crippen molar-refractivity contribution in [2.75, 3.05) is 0 Å². The van der Waals surface area contributed by atoms with Crippen molar-refractivity contribution < 1.29 is 4.42 Å². The van der Waals surface area contributed by atoms with Crippen LogP contribution in [-0.2, 0) is 6.54 Å². The van der Waals surface area contributed by atoms with Gasteiger partial charge in [-0.3, -0.25) is 0 Å². The van der Waals surface area contributed by atoms with Crippen molar-refractivity contribution in [2.24, 2.45) is 0 Å². The lowest BCUT2D eigenvalue weighted by molar-refractivity contribution is 0.509. The molecular weight excluding hydrogens is 330 g/mol. The first-order valence-electron chi connectivity index (χ1n) is 7.73. The van der Waals surface area contributed by atoms with Crippen LogP contribution in [0.2, 0.25) is 0 Å². The van der Waals surface area contributed by atoms with E-state index < -0.39 is 0 Å². The van der Waals surface area contributed by atoms with E-state index in [0.717, 1.165) is 22.4 Å². The van der Waals surface area contributed by atoms with Gasteiger partial charge in [-0.2, -0.15) is 0 Å². The molecule has 0 aromatic carbocycles. The van der Waals surface area contributed by atoms with E-state index in [4.69, 9.17) is 4.42 Å². The van der Waals surface area contributed by atoms with Crippen molar-refractivity contribution >= 4 is 23.1 Å². The van der Waals surface area contributed by atoms with Crippen molar-refractivity contribution in [3.63, 3.8) is 0 Å². The van der Waals surface area contributed by atoms with Gasteiger partial charge in [-0.05, 0) is 38.1 Å². The number of thioether (sulfide) groups is 1. The summed E-state index contributed by atoms with van der Waals surface area (Å²) in [6.07, 6.45) is 2.46. The molecule has 120 valence electrons. The van der Waals surface area contributed by atoms with Gasteiger partial charge in [0.15, 0.2) is 5.16 Å². The van der Waals surface area contributed by atoms with Gasteiger partial charge in [0.05, 0.1) is 10.1 Å². The lowest BCUT2D eigenvalue weighted by atomic mass is 10.4. The summed E-state index contributed by atoms with van der Waals surface area (Å²) in [4.78, 5) is 0.994. The normalized spacial score (nSPS) is 15.9. The molecule has 0 bridgehead atoms. The number of aromatic nitrogens is 5. The van der Waals surface area contributed by atoms with Gasteiger partial charge >= 0.3 is 0 Å². The second kappa shape index (κ2) is 6.09. The molecule has 3 aromatic heterocycles. The maximum absolute atomic E-state index is 5.81. The highest BCUT2D eigenvalue weighted by atomic mass is 32.2. The van der Waals surface area contributed by atoms with Gasteiger partial charge in [0.2, 0.25) is 5.89 Å². The van der Waals surface area contributed by atoms with Gasteiger partial charge in [-0.1, -0.05) is 17.8 Å². The van der Waals surface area contributed by atoms with Crippen LogP contribution < -0.4 is 0 Å². The highest BCUT2D eigenvalue weighted by molar-refractivity contribution is 7.99. The number of thiophene rings is 1. The van der Waals surface area contributed by atoms with Gasteiger partial charge in [-0.15, -0.1) is 31.7 Å². The quantitative estimate of drug-likeness (QED) is 0.624. The molecule has 0 N–H and O–H groups in total. The van der Waals surface area contributed by atoms with Gasteiger partial charge < -0.3 is 8.98 Å². The Morgan fingerprint density at radius 1 is 1.35 bits per heavy atom. The van der Waals surface area contributed by atoms with Gasteiger partial charge in [0.1, 0.15) is 5.82 Å². The van der Waals surface area contributed by atoms with E-state index in [1.165, 1.54) is 12.8 Å². The van der Waals surface area contributed by atoms with Gasteiger partial charge in [0, 0.05) is 12.5 Å². The Morgan fingerprint density at radius 2 is 2.22 bits per heavy atom. The standard InChI is InChI=1S/C15H17N5OS2/c1-3-20-12(10-6-7-10)16-19-15(20)23-9(2)13-17-18-14(21-13)11-5-4-8-22-11/h4-5,8-10H,3,6-7H2,1-2H3/t9-/m0/s1. The topological polar surface area (TPSA) is 69.6 Å². The fourth-order valence-electron chi connectivity index (χ4n) is 2.44. The first kappa shape index (κ1) is 14.9. The van der Waals surface area contributed by atoms with Crippen LogP contribution in [0.5, 0.6) is 0 Å². The third kappa shape index (κ3) is 2.92. The third-order valence-electron chi connectivity index (χ3n) is 3.81. The Kier molecular flexibility index (Phi) is 3.94. The van der Waals surface area contributed by atoms with E-state index in [1.807, 2.05) is 17.5 Å². The second-order valence-electron chi connectivity index (χ2n) is 5.54. The molecule has 0 unspecified atom stereocenters.